The molecule has 8 nitrogen and oxygen atoms in total. The van der Waals surface area contributed by atoms with E-state index in [1.807, 2.05) is 30.3 Å². The van der Waals surface area contributed by atoms with Crippen LogP contribution in [0.15, 0.2) is 36.4 Å². The van der Waals surface area contributed by atoms with Gasteiger partial charge in [0, 0.05) is 17.3 Å². The molecule has 2 aliphatic rings. The molecule has 142 valence electrons. The SMILES string of the molecule is CCOC(=O)c1nn(-c2ccc3c(c2)OCO3)c2c1COc1ccc(N)cc1-2. The van der Waals surface area contributed by atoms with Crippen LogP contribution < -0.4 is 19.9 Å². The highest BCUT2D eigenvalue weighted by atomic mass is 16.7. The Morgan fingerprint density at radius 3 is 2.82 bits per heavy atom. The molecule has 2 aromatic carbocycles. The number of rotatable bonds is 3. The van der Waals surface area contributed by atoms with Gasteiger partial charge in [0.05, 0.1) is 23.6 Å². The lowest BCUT2D eigenvalue weighted by Crippen LogP contribution is -2.12. The monoisotopic (exact) mass is 379 g/mol. The van der Waals surface area contributed by atoms with E-state index in [9.17, 15) is 4.79 Å². The molecule has 1 aromatic heterocycles. The molecule has 3 heterocycles. The lowest BCUT2D eigenvalue weighted by Gasteiger charge is -2.20. The minimum Gasteiger partial charge on any atom is -0.488 e. The summed E-state index contributed by atoms with van der Waals surface area (Å²) in [5, 5.41) is 4.56. The summed E-state index contributed by atoms with van der Waals surface area (Å²) in [7, 11) is 0. The standard InChI is InChI=1S/C20H17N3O5/c1-2-25-20(24)18-14-9-26-15-5-3-11(21)7-13(15)19(14)23(22-18)12-4-6-16-17(8-12)28-10-27-16/h3-8H,2,9-10,21H2,1H3. The minimum atomic E-state index is -0.491. The van der Waals surface area contributed by atoms with Crippen molar-refractivity contribution in [1.82, 2.24) is 9.78 Å². The van der Waals surface area contributed by atoms with E-state index in [-0.39, 0.29) is 25.7 Å². The van der Waals surface area contributed by atoms with Crippen LogP contribution in [0.2, 0.25) is 0 Å². The van der Waals surface area contributed by atoms with Crippen molar-refractivity contribution in [2.45, 2.75) is 13.5 Å². The first-order valence-electron chi connectivity index (χ1n) is 8.87. The Morgan fingerprint density at radius 2 is 1.96 bits per heavy atom. The van der Waals surface area contributed by atoms with Gasteiger partial charge in [-0.1, -0.05) is 0 Å². The number of hydrogen-bond donors (Lipinski definition) is 1. The average Bonchev–Trinajstić information content (AvgIpc) is 3.32. The Kier molecular flexibility index (Phi) is 3.65. The molecule has 5 rings (SSSR count). The van der Waals surface area contributed by atoms with Gasteiger partial charge in [0.15, 0.2) is 17.2 Å². The summed E-state index contributed by atoms with van der Waals surface area (Å²) < 4.78 is 23.6. The third-order valence-electron chi connectivity index (χ3n) is 4.68. The van der Waals surface area contributed by atoms with Gasteiger partial charge >= 0.3 is 5.97 Å². The summed E-state index contributed by atoms with van der Waals surface area (Å²) in [6.45, 7) is 2.41. The summed E-state index contributed by atoms with van der Waals surface area (Å²) in [6.07, 6.45) is 0. The van der Waals surface area contributed by atoms with Crippen LogP contribution in [0.5, 0.6) is 17.2 Å². The van der Waals surface area contributed by atoms with E-state index in [4.69, 9.17) is 24.7 Å². The second kappa shape index (κ2) is 6.19. The second-order valence-corrected chi connectivity index (χ2v) is 6.39. The van der Waals surface area contributed by atoms with Crippen molar-refractivity contribution in [2.75, 3.05) is 19.1 Å². The first-order valence-corrected chi connectivity index (χ1v) is 8.87. The van der Waals surface area contributed by atoms with Crippen LogP contribution in [0.3, 0.4) is 0 Å². The predicted molar refractivity (Wildman–Crippen MR) is 99.8 cm³/mol. The smallest absolute Gasteiger partial charge is 0.359 e. The van der Waals surface area contributed by atoms with Gasteiger partial charge in [0.2, 0.25) is 6.79 Å². The van der Waals surface area contributed by atoms with E-state index < -0.39 is 5.97 Å². The van der Waals surface area contributed by atoms with Crippen LogP contribution in [0.25, 0.3) is 16.9 Å². The van der Waals surface area contributed by atoms with Crippen molar-refractivity contribution in [3.63, 3.8) is 0 Å². The Bertz CT molecular complexity index is 1110. The van der Waals surface area contributed by atoms with E-state index in [2.05, 4.69) is 5.10 Å². The molecule has 3 aromatic rings. The third kappa shape index (κ3) is 2.45. The molecule has 0 amide bonds. The average molecular weight is 379 g/mol. The molecule has 0 aliphatic carbocycles. The van der Waals surface area contributed by atoms with Crippen molar-refractivity contribution in [1.29, 1.82) is 0 Å². The maximum absolute atomic E-state index is 12.5. The second-order valence-electron chi connectivity index (χ2n) is 6.39. The molecule has 0 spiro atoms. The summed E-state index contributed by atoms with van der Waals surface area (Å²) in [6, 6.07) is 10.9. The number of nitrogens with zero attached hydrogens (tertiary/aromatic N) is 2. The fraction of sp³-hybridized carbons (Fsp3) is 0.200. The number of hydrogen-bond acceptors (Lipinski definition) is 7. The Hall–Kier alpha value is -3.68. The van der Waals surface area contributed by atoms with Gasteiger partial charge in [-0.2, -0.15) is 5.10 Å². The number of nitrogen functional groups attached to an aromatic ring is 1. The molecule has 0 fully saturated rings. The number of anilines is 1. The normalized spacial score (nSPS) is 13.5. The number of carbonyl (C=O) groups is 1. The lowest BCUT2D eigenvalue weighted by atomic mass is 10.0. The molecule has 2 aliphatic heterocycles. The minimum absolute atomic E-state index is 0.178. The first-order chi connectivity index (χ1) is 13.7. The van der Waals surface area contributed by atoms with Gasteiger partial charge in [-0.05, 0) is 37.3 Å². The van der Waals surface area contributed by atoms with E-state index in [1.165, 1.54) is 0 Å². The number of benzene rings is 2. The third-order valence-corrected chi connectivity index (χ3v) is 4.68. The van der Waals surface area contributed by atoms with E-state index >= 15 is 0 Å². The number of carbonyl (C=O) groups excluding carboxylic acids is 1. The van der Waals surface area contributed by atoms with Crippen LogP contribution in [-0.2, 0) is 11.3 Å². The number of esters is 1. The fourth-order valence-electron chi connectivity index (χ4n) is 3.44. The molecule has 8 heteroatoms. The Balaban J connectivity index is 1.74. The number of nitrogens with two attached hydrogens (primary N) is 1. The summed E-state index contributed by atoms with van der Waals surface area (Å²) in [5.41, 5.74) is 9.72. The van der Waals surface area contributed by atoms with Crippen molar-refractivity contribution in [3.05, 3.63) is 47.7 Å². The van der Waals surface area contributed by atoms with Gasteiger partial charge in [-0.25, -0.2) is 9.48 Å². The van der Waals surface area contributed by atoms with Gasteiger partial charge in [-0.3, -0.25) is 0 Å². The van der Waals surface area contributed by atoms with Crippen molar-refractivity contribution in [2.24, 2.45) is 0 Å². The largest absolute Gasteiger partial charge is 0.488 e. The molecule has 0 unspecified atom stereocenters. The quantitative estimate of drug-likeness (QED) is 0.552. The van der Waals surface area contributed by atoms with Crippen LogP contribution in [0.4, 0.5) is 5.69 Å². The summed E-state index contributed by atoms with van der Waals surface area (Å²) in [4.78, 5) is 12.5. The molecule has 0 saturated carbocycles. The van der Waals surface area contributed by atoms with E-state index in [0.29, 0.717) is 28.5 Å². The topological polar surface area (TPSA) is 97.8 Å². The molecular formula is C20H17N3O5. The molecule has 0 radical (unpaired) electrons. The maximum atomic E-state index is 12.5. The van der Waals surface area contributed by atoms with Gasteiger partial charge in [0.25, 0.3) is 0 Å². The zero-order valence-corrected chi connectivity index (χ0v) is 15.1. The fourth-order valence-corrected chi connectivity index (χ4v) is 3.44. The Labute approximate surface area is 160 Å². The van der Waals surface area contributed by atoms with Crippen LogP contribution >= 0.6 is 0 Å². The van der Waals surface area contributed by atoms with Crippen LogP contribution in [-0.4, -0.2) is 29.1 Å². The zero-order valence-electron chi connectivity index (χ0n) is 15.1. The van der Waals surface area contributed by atoms with Gasteiger partial charge < -0.3 is 24.7 Å². The molecule has 0 atom stereocenters. The number of ether oxygens (including phenoxy) is 4. The zero-order chi connectivity index (χ0) is 19.3. The predicted octanol–water partition coefficient (Wildman–Crippen LogP) is 2.92. The van der Waals surface area contributed by atoms with Gasteiger partial charge in [0.1, 0.15) is 12.4 Å². The van der Waals surface area contributed by atoms with Crippen molar-refractivity contribution in [3.8, 4) is 34.2 Å². The highest BCUT2D eigenvalue weighted by Gasteiger charge is 2.31. The highest BCUT2D eigenvalue weighted by Crippen LogP contribution is 2.42. The van der Waals surface area contributed by atoms with Crippen LogP contribution in [0.1, 0.15) is 23.0 Å². The molecule has 28 heavy (non-hydrogen) atoms. The summed E-state index contributed by atoms with van der Waals surface area (Å²) in [5.74, 6) is 1.48. The van der Waals surface area contributed by atoms with Crippen molar-refractivity contribution >= 4 is 11.7 Å². The number of aromatic nitrogens is 2. The summed E-state index contributed by atoms with van der Waals surface area (Å²) >= 11 is 0. The first kappa shape index (κ1) is 16.5. The van der Waals surface area contributed by atoms with E-state index in [0.717, 1.165) is 16.9 Å². The maximum Gasteiger partial charge on any atom is 0.359 e. The van der Waals surface area contributed by atoms with Crippen molar-refractivity contribution < 1.29 is 23.7 Å². The highest BCUT2D eigenvalue weighted by molar-refractivity contribution is 5.93. The molecule has 0 saturated heterocycles. The molecule has 2 N–H and O–H groups in total. The van der Waals surface area contributed by atoms with Crippen LogP contribution in [0, 0.1) is 0 Å². The number of fused-ring (bicyclic) bond motifs is 4. The van der Waals surface area contributed by atoms with Gasteiger partial charge in [-0.15, -0.1) is 0 Å². The molecular weight excluding hydrogens is 362 g/mol. The Morgan fingerprint density at radius 1 is 1.14 bits per heavy atom. The van der Waals surface area contributed by atoms with E-state index in [1.54, 1.807) is 17.7 Å². The lowest BCUT2D eigenvalue weighted by molar-refractivity contribution is 0.0516. The molecule has 0 bridgehead atoms.